The third-order valence-electron chi connectivity index (χ3n) is 4.79. The fraction of sp³-hybridized carbons (Fsp3) is 0.182. The second-order valence-electron chi connectivity index (χ2n) is 7.02. The molecule has 4 rings (SSSR count). The van der Waals surface area contributed by atoms with Crippen LogP contribution in [-0.2, 0) is 13.1 Å². The molecule has 0 aliphatic heterocycles. The van der Waals surface area contributed by atoms with Crippen molar-refractivity contribution in [2.24, 2.45) is 0 Å². The Morgan fingerprint density at radius 3 is 2.72 bits per heavy atom. The lowest BCUT2D eigenvalue weighted by Crippen LogP contribution is -2.34. The first-order chi connectivity index (χ1) is 14.0. The average molecular weight is 387 g/mol. The van der Waals surface area contributed by atoms with Crippen LogP contribution in [0.3, 0.4) is 0 Å². The van der Waals surface area contributed by atoms with Crippen LogP contribution in [0.5, 0.6) is 0 Å². The molecule has 2 N–H and O–H groups in total. The maximum Gasteiger partial charge on any atom is 0.264 e. The summed E-state index contributed by atoms with van der Waals surface area (Å²) >= 11 is 0. The van der Waals surface area contributed by atoms with Crippen molar-refractivity contribution in [2.75, 3.05) is 0 Å². The molecule has 1 amide bonds. The molecule has 29 heavy (non-hydrogen) atoms. The van der Waals surface area contributed by atoms with Crippen molar-refractivity contribution in [2.45, 2.75) is 26.9 Å². The summed E-state index contributed by atoms with van der Waals surface area (Å²) in [6, 6.07) is 11.7. The van der Waals surface area contributed by atoms with Crippen LogP contribution in [-0.4, -0.2) is 25.4 Å². The predicted octanol–water partition coefficient (Wildman–Crippen LogP) is 2.71. The summed E-state index contributed by atoms with van der Waals surface area (Å²) in [5.41, 5.74) is 3.78. The number of carbonyl (C=O) groups excluding carboxylic acids is 1. The molecule has 3 heterocycles. The molecule has 0 atom stereocenters. The molecule has 0 unspecified atom stereocenters. The first kappa shape index (κ1) is 18.6. The predicted molar refractivity (Wildman–Crippen MR) is 111 cm³/mol. The number of aromatic nitrogens is 4. The van der Waals surface area contributed by atoms with E-state index in [4.69, 9.17) is 0 Å². The number of nitrogens with one attached hydrogen (secondary N) is 2. The van der Waals surface area contributed by atoms with Crippen molar-refractivity contribution in [3.05, 3.63) is 93.6 Å². The topological polar surface area (TPSA) is 92.7 Å². The number of para-hydroxylation sites is 1. The van der Waals surface area contributed by atoms with E-state index in [1.165, 1.54) is 4.57 Å². The van der Waals surface area contributed by atoms with Gasteiger partial charge in [0.1, 0.15) is 5.56 Å². The lowest BCUT2D eigenvalue weighted by Gasteiger charge is -2.11. The SMILES string of the molecule is Cc1cnc(Cn2ccc(C)c(C(=O)NCc3cc4ccccc4[nH]3)c2=O)cn1. The second kappa shape index (κ2) is 7.71. The number of carbonyl (C=O) groups is 1. The van der Waals surface area contributed by atoms with Gasteiger partial charge in [0, 0.05) is 23.6 Å². The molecule has 0 saturated heterocycles. The molecule has 1 aromatic carbocycles. The van der Waals surface area contributed by atoms with Gasteiger partial charge in [-0.3, -0.25) is 19.6 Å². The van der Waals surface area contributed by atoms with Gasteiger partial charge in [0.15, 0.2) is 0 Å². The zero-order valence-corrected chi connectivity index (χ0v) is 16.3. The maximum absolute atomic E-state index is 12.9. The molecular formula is C22H21N5O2. The van der Waals surface area contributed by atoms with Crippen LogP contribution in [0, 0.1) is 13.8 Å². The highest BCUT2D eigenvalue weighted by Gasteiger charge is 2.16. The van der Waals surface area contributed by atoms with Crippen molar-refractivity contribution >= 4 is 16.8 Å². The number of aryl methyl sites for hydroxylation is 2. The van der Waals surface area contributed by atoms with E-state index in [1.807, 2.05) is 37.3 Å². The number of aromatic amines is 1. The van der Waals surface area contributed by atoms with E-state index in [0.29, 0.717) is 17.8 Å². The maximum atomic E-state index is 12.9. The summed E-state index contributed by atoms with van der Waals surface area (Å²) in [7, 11) is 0. The number of hydrogen-bond donors (Lipinski definition) is 2. The van der Waals surface area contributed by atoms with Gasteiger partial charge >= 0.3 is 0 Å². The number of benzene rings is 1. The summed E-state index contributed by atoms with van der Waals surface area (Å²) < 4.78 is 1.48. The Hall–Kier alpha value is -3.74. The van der Waals surface area contributed by atoms with Crippen LogP contribution < -0.4 is 10.9 Å². The van der Waals surface area contributed by atoms with E-state index in [2.05, 4.69) is 20.3 Å². The number of rotatable bonds is 5. The van der Waals surface area contributed by atoms with Crippen molar-refractivity contribution < 1.29 is 4.79 Å². The highest BCUT2D eigenvalue weighted by Crippen LogP contribution is 2.14. The lowest BCUT2D eigenvalue weighted by atomic mass is 10.1. The zero-order valence-electron chi connectivity index (χ0n) is 16.3. The second-order valence-corrected chi connectivity index (χ2v) is 7.02. The van der Waals surface area contributed by atoms with Crippen molar-refractivity contribution in [1.82, 2.24) is 24.8 Å². The van der Waals surface area contributed by atoms with Gasteiger partial charge in [-0.1, -0.05) is 18.2 Å². The Bertz CT molecular complexity index is 1210. The molecule has 146 valence electrons. The molecule has 0 spiro atoms. The van der Waals surface area contributed by atoms with E-state index < -0.39 is 5.91 Å². The van der Waals surface area contributed by atoms with Crippen LogP contribution in [0.1, 0.15) is 33.0 Å². The summed E-state index contributed by atoms with van der Waals surface area (Å²) in [4.78, 5) is 37.4. The average Bonchev–Trinajstić information content (AvgIpc) is 3.13. The number of pyridine rings is 1. The van der Waals surface area contributed by atoms with Crippen molar-refractivity contribution in [3.63, 3.8) is 0 Å². The van der Waals surface area contributed by atoms with Gasteiger partial charge in [-0.15, -0.1) is 0 Å². The fourth-order valence-electron chi connectivity index (χ4n) is 3.23. The van der Waals surface area contributed by atoms with Crippen LogP contribution in [0.25, 0.3) is 10.9 Å². The zero-order chi connectivity index (χ0) is 20.4. The van der Waals surface area contributed by atoms with E-state index >= 15 is 0 Å². The van der Waals surface area contributed by atoms with Gasteiger partial charge < -0.3 is 14.9 Å². The largest absolute Gasteiger partial charge is 0.357 e. The van der Waals surface area contributed by atoms with E-state index in [9.17, 15) is 9.59 Å². The van der Waals surface area contributed by atoms with Gasteiger partial charge in [0.2, 0.25) is 0 Å². The van der Waals surface area contributed by atoms with E-state index in [-0.39, 0.29) is 17.7 Å². The number of nitrogens with zero attached hydrogens (tertiary/aromatic N) is 3. The molecule has 0 bridgehead atoms. The molecule has 0 aliphatic rings. The van der Waals surface area contributed by atoms with Gasteiger partial charge in [-0.05, 0) is 43.0 Å². The first-order valence-electron chi connectivity index (χ1n) is 9.33. The molecule has 3 aromatic heterocycles. The smallest absolute Gasteiger partial charge is 0.264 e. The van der Waals surface area contributed by atoms with Gasteiger partial charge in [0.25, 0.3) is 11.5 Å². The Kier molecular flexibility index (Phi) is 4.95. The molecule has 4 aromatic rings. The number of hydrogen-bond acceptors (Lipinski definition) is 4. The summed E-state index contributed by atoms with van der Waals surface area (Å²) in [5.74, 6) is -0.393. The minimum absolute atomic E-state index is 0.142. The van der Waals surface area contributed by atoms with Crippen LogP contribution in [0.2, 0.25) is 0 Å². The van der Waals surface area contributed by atoms with Crippen LogP contribution in [0.4, 0.5) is 0 Å². The number of fused-ring (bicyclic) bond motifs is 1. The van der Waals surface area contributed by atoms with E-state index in [1.54, 1.807) is 31.6 Å². The third-order valence-corrected chi connectivity index (χ3v) is 4.79. The highest BCUT2D eigenvalue weighted by atomic mass is 16.2. The first-order valence-corrected chi connectivity index (χ1v) is 9.33. The van der Waals surface area contributed by atoms with Gasteiger partial charge in [0.05, 0.1) is 30.7 Å². The van der Waals surface area contributed by atoms with Gasteiger partial charge in [-0.2, -0.15) is 0 Å². The lowest BCUT2D eigenvalue weighted by molar-refractivity contribution is 0.0947. The Morgan fingerprint density at radius 1 is 1.14 bits per heavy atom. The molecule has 0 fully saturated rings. The Balaban J connectivity index is 1.54. The summed E-state index contributed by atoms with van der Waals surface area (Å²) in [6.45, 7) is 4.18. The molecule has 0 radical (unpaired) electrons. The van der Waals surface area contributed by atoms with E-state index in [0.717, 1.165) is 22.3 Å². The molecule has 0 aliphatic carbocycles. The minimum atomic E-state index is -0.393. The molecule has 7 nitrogen and oxygen atoms in total. The van der Waals surface area contributed by atoms with Crippen LogP contribution >= 0.6 is 0 Å². The number of amides is 1. The summed E-state index contributed by atoms with van der Waals surface area (Å²) in [5, 5.41) is 3.92. The summed E-state index contributed by atoms with van der Waals surface area (Å²) in [6.07, 6.45) is 4.97. The highest BCUT2D eigenvalue weighted by molar-refractivity contribution is 5.95. The molecule has 7 heteroatoms. The standard InChI is InChI=1S/C22H21N5O2/c1-14-7-8-27(13-18-12-23-15(2)10-24-18)22(29)20(14)21(28)25-11-17-9-16-5-3-4-6-19(16)26-17/h3-10,12,26H,11,13H2,1-2H3,(H,25,28). The Labute approximate surface area is 167 Å². The quantitative estimate of drug-likeness (QED) is 0.551. The van der Waals surface area contributed by atoms with Crippen molar-refractivity contribution in [1.29, 1.82) is 0 Å². The fourth-order valence-corrected chi connectivity index (χ4v) is 3.23. The third kappa shape index (κ3) is 3.94. The monoisotopic (exact) mass is 387 g/mol. The molecular weight excluding hydrogens is 366 g/mol. The number of H-pyrrole nitrogens is 1. The Morgan fingerprint density at radius 2 is 1.97 bits per heavy atom. The van der Waals surface area contributed by atoms with Gasteiger partial charge in [-0.25, -0.2) is 0 Å². The van der Waals surface area contributed by atoms with Crippen LogP contribution in [0.15, 0.2) is 59.8 Å². The minimum Gasteiger partial charge on any atom is -0.357 e. The normalized spacial score (nSPS) is 11.0. The van der Waals surface area contributed by atoms with Crippen molar-refractivity contribution in [3.8, 4) is 0 Å². The molecule has 0 saturated carbocycles.